The predicted octanol–water partition coefficient (Wildman–Crippen LogP) is 8.43. The van der Waals surface area contributed by atoms with Gasteiger partial charge in [0, 0.05) is 17.1 Å². The van der Waals surface area contributed by atoms with E-state index < -0.39 is 33.5 Å². The summed E-state index contributed by atoms with van der Waals surface area (Å²) in [5.41, 5.74) is 3.96. The molecule has 0 radical (unpaired) electrons. The van der Waals surface area contributed by atoms with Gasteiger partial charge in [-0.05, 0) is 45.1 Å². The molecule has 0 saturated heterocycles. The molecule has 0 saturated carbocycles. The smallest absolute Gasteiger partial charge is 0.305 e. The highest BCUT2D eigenvalue weighted by Gasteiger charge is 2.51. The van der Waals surface area contributed by atoms with E-state index in [2.05, 4.69) is 32.6 Å². The number of carboxylic acid groups (broad SMARTS) is 1. The zero-order valence-electron chi connectivity index (χ0n) is 29.1. The molecule has 1 unspecified atom stereocenters. The van der Waals surface area contributed by atoms with Crippen LogP contribution in [-0.2, 0) is 18.3 Å². The largest absolute Gasteiger partial charge is 0.481 e. The number of carboxylic acids is 1. The number of aromatic nitrogens is 1. The van der Waals surface area contributed by atoms with Crippen molar-refractivity contribution >= 4 is 43.6 Å². The van der Waals surface area contributed by atoms with Gasteiger partial charge in [0.05, 0.1) is 29.3 Å². The monoisotopic (exact) mass is 707 g/mol. The minimum atomic E-state index is -3.11. The highest BCUT2D eigenvalue weighted by molar-refractivity contribution is 7.39. The summed E-state index contributed by atoms with van der Waals surface area (Å²) < 4.78 is 40.2. The number of nitrogens with zero attached hydrogens (tertiary/aromatic N) is 1. The molecule has 4 aromatic carbocycles. The molecule has 0 amide bonds. The Morgan fingerprint density at radius 3 is 2.04 bits per heavy atom. The van der Waals surface area contributed by atoms with Crippen LogP contribution in [0, 0.1) is 17.7 Å². The third-order valence-corrected chi connectivity index (χ3v) is 15.0. The Bertz CT molecular complexity index is 1980. The maximum atomic E-state index is 13.9. The number of halogens is 1. The molecule has 1 heterocycles. The van der Waals surface area contributed by atoms with Crippen LogP contribution < -0.4 is 10.4 Å². The number of para-hydroxylation sites is 1. The first-order valence-corrected chi connectivity index (χ1v) is 20.2. The van der Waals surface area contributed by atoms with E-state index in [1.807, 2.05) is 98.8 Å². The van der Waals surface area contributed by atoms with E-state index in [-0.39, 0.29) is 30.9 Å². The van der Waals surface area contributed by atoms with Gasteiger partial charge in [0.25, 0.3) is 8.32 Å². The maximum absolute atomic E-state index is 13.9. The summed E-state index contributed by atoms with van der Waals surface area (Å²) in [7, 11) is -5.88. The molecular weight excluding hydrogens is 665 g/mol. The third kappa shape index (κ3) is 8.31. The summed E-state index contributed by atoms with van der Waals surface area (Å²) in [5.74, 6) is 4.95. The molecule has 0 aliphatic rings. The standard InChI is InChI=1S/C41H43FNO5PSi/c1-29(2)40-36(39(30-22-24-31(42)25-23-30)35-19-12-13-21-37(35)43-40)20-14-26-47-49(46)28-32(27-38(44)45)48-50(41(3,4)5,33-15-8-6-9-16-33)34-17-10-7-11-18-34/h6-13,15-19,21-25,29,32,49H,26-28H2,1-5H3,(H,44,45)/t32-/m0/s1. The summed E-state index contributed by atoms with van der Waals surface area (Å²) in [5, 5.41) is 12.4. The van der Waals surface area contributed by atoms with Gasteiger partial charge < -0.3 is 14.1 Å². The molecule has 5 rings (SSSR count). The number of fused-ring (bicyclic) bond motifs is 1. The lowest BCUT2D eigenvalue weighted by atomic mass is 9.91. The number of pyridine rings is 1. The van der Waals surface area contributed by atoms with Crippen LogP contribution in [0.15, 0.2) is 109 Å². The normalized spacial score (nSPS) is 13.1. The van der Waals surface area contributed by atoms with E-state index >= 15 is 0 Å². The van der Waals surface area contributed by atoms with Crippen molar-refractivity contribution in [3.05, 3.63) is 126 Å². The first-order chi connectivity index (χ1) is 23.9. The molecule has 258 valence electrons. The van der Waals surface area contributed by atoms with Crippen molar-refractivity contribution in [2.45, 2.75) is 58.1 Å². The average molecular weight is 708 g/mol. The van der Waals surface area contributed by atoms with Crippen molar-refractivity contribution < 1.29 is 27.8 Å². The molecule has 0 spiro atoms. The molecule has 1 N–H and O–H groups in total. The number of carbonyl (C=O) groups is 1. The van der Waals surface area contributed by atoms with Crippen LogP contribution in [0.3, 0.4) is 0 Å². The van der Waals surface area contributed by atoms with Gasteiger partial charge in [0.1, 0.15) is 12.4 Å². The second-order valence-electron chi connectivity index (χ2n) is 13.6. The van der Waals surface area contributed by atoms with Gasteiger partial charge in [-0.25, -0.2) is 4.39 Å². The van der Waals surface area contributed by atoms with Crippen molar-refractivity contribution in [3.63, 3.8) is 0 Å². The van der Waals surface area contributed by atoms with E-state index in [1.54, 1.807) is 12.1 Å². The average Bonchev–Trinajstić information content (AvgIpc) is 3.09. The Morgan fingerprint density at radius 2 is 1.48 bits per heavy atom. The lowest BCUT2D eigenvalue weighted by Crippen LogP contribution is -2.68. The highest BCUT2D eigenvalue weighted by Crippen LogP contribution is 2.39. The molecule has 5 aromatic rings. The zero-order chi connectivity index (χ0) is 35.9. The van der Waals surface area contributed by atoms with Crippen molar-refractivity contribution in [2.24, 2.45) is 0 Å². The summed E-state index contributed by atoms with van der Waals surface area (Å²) >= 11 is 0. The van der Waals surface area contributed by atoms with E-state index in [1.165, 1.54) is 12.1 Å². The van der Waals surface area contributed by atoms with Crippen molar-refractivity contribution in [3.8, 4) is 23.0 Å². The summed E-state index contributed by atoms with van der Waals surface area (Å²) in [6.07, 6.45) is -1.25. The Balaban J connectivity index is 1.44. The molecule has 0 aliphatic carbocycles. The van der Waals surface area contributed by atoms with Crippen LogP contribution in [-0.4, -0.2) is 43.2 Å². The molecule has 0 fully saturated rings. The molecule has 9 heteroatoms. The molecular formula is C41H43FNO5PSi. The second-order valence-corrected chi connectivity index (χ2v) is 19.3. The molecule has 6 nitrogen and oxygen atoms in total. The third-order valence-electron chi connectivity index (χ3n) is 8.68. The maximum Gasteiger partial charge on any atom is 0.305 e. The van der Waals surface area contributed by atoms with Crippen LogP contribution >= 0.6 is 8.03 Å². The lowest BCUT2D eigenvalue weighted by molar-refractivity contribution is -0.138. The fourth-order valence-electron chi connectivity index (χ4n) is 6.47. The molecule has 0 aliphatic heterocycles. The predicted molar refractivity (Wildman–Crippen MR) is 203 cm³/mol. The van der Waals surface area contributed by atoms with E-state index in [4.69, 9.17) is 13.9 Å². The van der Waals surface area contributed by atoms with Crippen molar-refractivity contribution in [1.82, 2.24) is 4.98 Å². The fraction of sp³-hybridized carbons (Fsp3) is 0.268. The molecule has 2 atom stereocenters. The van der Waals surface area contributed by atoms with E-state index in [0.29, 0.717) is 5.56 Å². The summed E-state index contributed by atoms with van der Waals surface area (Å²) in [6, 6.07) is 34.0. The quantitative estimate of drug-likeness (QED) is 0.0797. The van der Waals surface area contributed by atoms with Crippen LogP contribution in [0.1, 0.15) is 58.2 Å². The van der Waals surface area contributed by atoms with Crippen LogP contribution in [0.25, 0.3) is 22.0 Å². The van der Waals surface area contributed by atoms with Crippen LogP contribution in [0.4, 0.5) is 4.39 Å². The number of benzene rings is 4. The van der Waals surface area contributed by atoms with Crippen molar-refractivity contribution in [1.29, 1.82) is 0 Å². The Kier molecular flexibility index (Phi) is 11.9. The van der Waals surface area contributed by atoms with Crippen LogP contribution in [0.5, 0.6) is 0 Å². The van der Waals surface area contributed by atoms with E-state index in [9.17, 15) is 18.9 Å². The van der Waals surface area contributed by atoms with Crippen molar-refractivity contribution in [2.75, 3.05) is 12.8 Å². The summed E-state index contributed by atoms with van der Waals surface area (Å²) in [4.78, 5) is 17.0. The van der Waals surface area contributed by atoms with Gasteiger partial charge in [-0.3, -0.25) is 14.3 Å². The fourth-order valence-corrected chi connectivity index (χ4v) is 12.3. The minimum absolute atomic E-state index is 0.0403. The van der Waals surface area contributed by atoms with Gasteiger partial charge in [0.15, 0.2) is 8.03 Å². The molecule has 1 aromatic heterocycles. The second kappa shape index (κ2) is 16.1. The first-order valence-electron chi connectivity index (χ1n) is 16.7. The zero-order valence-corrected chi connectivity index (χ0v) is 31.1. The van der Waals surface area contributed by atoms with Gasteiger partial charge in [0.2, 0.25) is 0 Å². The number of aliphatic carboxylic acids is 1. The molecule has 50 heavy (non-hydrogen) atoms. The number of hydrogen-bond acceptors (Lipinski definition) is 5. The first kappa shape index (κ1) is 36.9. The Hall–Kier alpha value is -4.38. The Labute approximate surface area is 295 Å². The van der Waals surface area contributed by atoms with Gasteiger partial charge in [-0.2, -0.15) is 0 Å². The van der Waals surface area contributed by atoms with Gasteiger partial charge >= 0.3 is 5.97 Å². The topological polar surface area (TPSA) is 85.7 Å². The number of hydrogen-bond donors (Lipinski definition) is 1. The SMILES string of the molecule is CC(C)c1nc2ccccc2c(-c2ccc(F)cc2)c1C#CCO[PH](=O)C[C@H](CC(=O)O)O[Si](c1ccccc1)(c1ccccc1)C(C)(C)C. The van der Waals surface area contributed by atoms with Gasteiger partial charge in [-0.15, -0.1) is 0 Å². The van der Waals surface area contributed by atoms with Gasteiger partial charge in [-0.1, -0.05) is 137 Å². The number of rotatable bonds is 12. The minimum Gasteiger partial charge on any atom is -0.481 e. The van der Waals surface area contributed by atoms with E-state index in [0.717, 1.165) is 38.1 Å². The summed E-state index contributed by atoms with van der Waals surface area (Å²) in [6.45, 7) is 10.3. The lowest BCUT2D eigenvalue weighted by Gasteiger charge is -2.45. The van der Waals surface area contributed by atoms with Crippen LogP contribution in [0.2, 0.25) is 5.04 Å². The molecule has 0 bridgehead atoms. The highest BCUT2D eigenvalue weighted by atomic mass is 31.1. The Morgan fingerprint density at radius 1 is 0.900 bits per heavy atom.